The fourth-order valence-electron chi connectivity index (χ4n) is 1.19. The van der Waals surface area contributed by atoms with Crippen LogP contribution in [0.3, 0.4) is 0 Å². The van der Waals surface area contributed by atoms with Crippen LogP contribution in [0.5, 0.6) is 5.75 Å². The van der Waals surface area contributed by atoms with Gasteiger partial charge in [-0.05, 0) is 24.1 Å². The van der Waals surface area contributed by atoms with Crippen LogP contribution in [0, 0.1) is 0 Å². The topological polar surface area (TPSA) is 29.5 Å². The summed E-state index contributed by atoms with van der Waals surface area (Å²) in [6.45, 7) is -1.20. The van der Waals surface area contributed by atoms with Crippen molar-refractivity contribution in [3.8, 4) is 5.75 Å². The zero-order valence-corrected chi connectivity index (χ0v) is 7.84. The molecular formula is C10H12F2O2. The second-order valence-corrected chi connectivity index (χ2v) is 2.83. The van der Waals surface area contributed by atoms with Crippen molar-refractivity contribution in [3.63, 3.8) is 0 Å². The number of ether oxygens (including phenoxy) is 1. The molecule has 0 aliphatic carbocycles. The number of alkyl halides is 2. The highest BCUT2D eigenvalue weighted by atomic mass is 19.3. The Balaban J connectivity index is 2.93. The molecule has 0 spiro atoms. The second-order valence-electron chi connectivity index (χ2n) is 2.83. The summed E-state index contributed by atoms with van der Waals surface area (Å²) < 4.78 is 28.1. The van der Waals surface area contributed by atoms with Crippen LogP contribution in [0.25, 0.3) is 0 Å². The Hall–Kier alpha value is -1.16. The zero-order valence-electron chi connectivity index (χ0n) is 7.84. The number of hydrogen-bond donors (Lipinski definition) is 1. The van der Waals surface area contributed by atoms with Gasteiger partial charge in [0.15, 0.2) is 0 Å². The second kappa shape index (κ2) is 4.91. The number of hydrogen-bond acceptors (Lipinski definition) is 2. The molecule has 0 saturated carbocycles. The summed E-state index contributed by atoms with van der Waals surface area (Å²) in [7, 11) is 0. The molecule has 0 saturated heterocycles. The third-order valence-electron chi connectivity index (χ3n) is 1.92. The van der Waals surface area contributed by atoms with Gasteiger partial charge in [-0.1, -0.05) is 13.0 Å². The maximum Gasteiger partial charge on any atom is 0.387 e. The van der Waals surface area contributed by atoms with Crippen LogP contribution in [0.15, 0.2) is 18.2 Å². The molecule has 0 aromatic heterocycles. The number of benzene rings is 1. The van der Waals surface area contributed by atoms with Gasteiger partial charge in [0.05, 0.1) is 6.61 Å². The van der Waals surface area contributed by atoms with Gasteiger partial charge in [0.25, 0.3) is 0 Å². The summed E-state index contributed by atoms with van der Waals surface area (Å²) >= 11 is 0. The molecule has 0 unspecified atom stereocenters. The highest BCUT2D eigenvalue weighted by Gasteiger charge is 2.09. The van der Waals surface area contributed by atoms with Crippen molar-refractivity contribution >= 4 is 0 Å². The summed E-state index contributed by atoms with van der Waals surface area (Å²) in [6.07, 6.45) is 0.794. The third kappa shape index (κ3) is 2.67. The van der Waals surface area contributed by atoms with E-state index in [-0.39, 0.29) is 12.4 Å². The third-order valence-corrected chi connectivity index (χ3v) is 1.92. The highest BCUT2D eigenvalue weighted by molar-refractivity contribution is 5.36. The fourth-order valence-corrected chi connectivity index (χ4v) is 1.19. The van der Waals surface area contributed by atoms with E-state index in [2.05, 4.69) is 4.74 Å². The molecule has 14 heavy (non-hydrogen) atoms. The average molecular weight is 202 g/mol. The Morgan fingerprint density at radius 3 is 2.64 bits per heavy atom. The molecule has 0 bridgehead atoms. The Bertz CT molecular complexity index is 300. The normalized spacial score (nSPS) is 10.6. The van der Waals surface area contributed by atoms with Gasteiger partial charge in [-0.2, -0.15) is 8.78 Å². The van der Waals surface area contributed by atoms with E-state index in [0.29, 0.717) is 5.56 Å². The molecule has 0 aliphatic rings. The number of halogens is 2. The monoisotopic (exact) mass is 202 g/mol. The Labute approximate surface area is 81.1 Å². The van der Waals surface area contributed by atoms with Crippen molar-refractivity contribution in [1.82, 2.24) is 0 Å². The van der Waals surface area contributed by atoms with E-state index in [0.717, 1.165) is 12.0 Å². The van der Waals surface area contributed by atoms with Crippen molar-refractivity contribution < 1.29 is 18.6 Å². The van der Waals surface area contributed by atoms with Crippen LogP contribution in [0.1, 0.15) is 18.1 Å². The van der Waals surface area contributed by atoms with Gasteiger partial charge in [0.2, 0.25) is 0 Å². The van der Waals surface area contributed by atoms with E-state index in [1.165, 1.54) is 6.07 Å². The molecule has 0 atom stereocenters. The van der Waals surface area contributed by atoms with Crippen LogP contribution in [0.4, 0.5) is 8.78 Å². The van der Waals surface area contributed by atoms with Gasteiger partial charge in [-0.3, -0.25) is 0 Å². The fraction of sp³-hybridized carbons (Fsp3) is 0.400. The van der Waals surface area contributed by atoms with Crippen LogP contribution in [-0.4, -0.2) is 11.7 Å². The molecular weight excluding hydrogens is 190 g/mol. The smallest absolute Gasteiger partial charge is 0.387 e. The van der Waals surface area contributed by atoms with Crippen molar-refractivity contribution in [3.05, 3.63) is 29.3 Å². The molecule has 0 amide bonds. The lowest BCUT2D eigenvalue weighted by Gasteiger charge is -2.09. The van der Waals surface area contributed by atoms with E-state index in [1.807, 2.05) is 6.92 Å². The molecule has 4 heteroatoms. The number of aryl methyl sites for hydroxylation is 1. The van der Waals surface area contributed by atoms with Crippen molar-refractivity contribution in [2.24, 2.45) is 0 Å². The van der Waals surface area contributed by atoms with E-state index in [4.69, 9.17) is 5.11 Å². The Kier molecular flexibility index (Phi) is 3.83. The zero-order chi connectivity index (χ0) is 10.6. The molecule has 1 aromatic rings. The van der Waals surface area contributed by atoms with Crippen LogP contribution in [-0.2, 0) is 13.0 Å². The number of aliphatic hydroxyl groups is 1. The molecule has 1 aromatic carbocycles. The first kappa shape index (κ1) is 10.9. The predicted octanol–water partition coefficient (Wildman–Crippen LogP) is 2.34. The quantitative estimate of drug-likeness (QED) is 0.812. The lowest BCUT2D eigenvalue weighted by molar-refractivity contribution is -0.0509. The molecule has 0 heterocycles. The maximum absolute atomic E-state index is 11.9. The first-order valence-electron chi connectivity index (χ1n) is 4.34. The summed E-state index contributed by atoms with van der Waals surface area (Å²) in [4.78, 5) is 0. The largest absolute Gasteiger partial charge is 0.434 e. The lowest BCUT2D eigenvalue weighted by atomic mass is 10.1. The summed E-state index contributed by atoms with van der Waals surface area (Å²) in [5.74, 6) is 0.0414. The van der Waals surface area contributed by atoms with E-state index in [9.17, 15) is 8.78 Å². The van der Waals surface area contributed by atoms with Gasteiger partial charge >= 0.3 is 6.61 Å². The SMILES string of the molecule is CCc1ccc(OC(F)F)c(CO)c1. The van der Waals surface area contributed by atoms with Crippen molar-refractivity contribution in [2.45, 2.75) is 26.6 Å². The maximum atomic E-state index is 11.9. The molecule has 2 nitrogen and oxygen atoms in total. The summed E-state index contributed by atoms with van der Waals surface area (Å²) in [5, 5.41) is 8.93. The van der Waals surface area contributed by atoms with Crippen molar-refractivity contribution in [1.29, 1.82) is 0 Å². The van der Waals surface area contributed by atoms with Gasteiger partial charge in [-0.25, -0.2) is 0 Å². The van der Waals surface area contributed by atoms with Crippen LogP contribution < -0.4 is 4.74 Å². The summed E-state index contributed by atoms with van der Waals surface area (Å²) in [5.41, 5.74) is 1.38. The first-order valence-corrected chi connectivity index (χ1v) is 4.34. The Morgan fingerprint density at radius 2 is 2.14 bits per heavy atom. The number of aliphatic hydroxyl groups excluding tert-OH is 1. The average Bonchev–Trinajstić information content (AvgIpc) is 2.17. The van der Waals surface area contributed by atoms with Gasteiger partial charge in [0.1, 0.15) is 5.75 Å². The number of rotatable bonds is 4. The standard InChI is InChI=1S/C10H12F2O2/c1-2-7-3-4-9(14-10(11)12)8(5-7)6-13/h3-5,10,13H,2,6H2,1H3. The first-order chi connectivity index (χ1) is 6.67. The van der Waals surface area contributed by atoms with Crippen LogP contribution >= 0.6 is 0 Å². The predicted molar refractivity (Wildman–Crippen MR) is 48.4 cm³/mol. The van der Waals surface area contributed by atoms with Crippen molar-refractivity contribution in [2.75, 3.05) is 0 Å². The molecule has 1 N–H and O–H groups in total. The van der Waals surface area contributed by atoms with E-state index < -0.39 is 6.61 Å². The minimum atomic E-state index is -2.85. The highest BCUT2D eigenvalue weighted by Crippen LogP contribution is 2.22. The molecule has 0 fully saturated rings. The molecule has 0 radical (unpaired) electrons. The summed E-state index contributed by atoms with van der Waals surface area (Å²) in [6, 6.07) is 4.82. The minimum Gasteiger partial charge on any atom is -0.434 e. The Morgan fingerprint density at radius 1 is 1.43 bits per heavy atom. The van der Waals surface area contributed by atoms with Gasteiger partial charge < -0.3 is 9.84 Å². The molecule has 1 rings (SSSR count). The lowest BCUT2D eigenvalue weighted by Crippen LogP contribution is -2.04. The van der Waals surface area contributed by atoms with Crippen LogP contribution in [0.2, 0.25) is 0 Å². The van der Waals surface area contributed by atoms with E-state index in [1.54, 1.807) is 12.1 Å². The molecule has 0 aliphatic heterocycles. The molecule has 78 valence electrons. The van der Waals surface area contributed by atoms with Gasteiger partial charge in [0, 0.05) is 5.56 Å². The van der Waals surface area contributed by atoms with E-state index >= 15 is 0 Å². The minimum absolute atomic E-state index is 0.0414. The van der Waals surface area contributed by atoms with Gasteiger partial charge in [-0.15, -0.1) is 0 Å².